The Morgan fingerprint density at radius 2 is 2.24 bits per heavy atom. The highest BCUT2D eigenvalue weighted by atomic mass is 19.4. The van der Waals surface area contributed by atoms with Gasteiger partial charge in [0.2, 0.25) is 0 Å². The summed E-state index contributed by atoms with van der Waals surface area (Å²) in [6, 6.07) is 1.53. The van der Waals surface area contributed by atoms with Crippen molar-refractivity contribution in [3.63, 3.8) is 0 Å². The fourth-order valence-corrected chi connectivity index (χ4v) is 3.08. The first-order chi connectivity index (χ1) is 9.99. The first kappa shape index (κ1) is 14.6. The molecule has 4 nitrogen and oxygen atoms in total. The van der Waals surface area contributed by atoms with Crippen molar-refractivity contribution in [3.8, 4) is 0 Å². The van der Waals surface area contributed by atoms with Gasteiger partial charge in [0.15, 0.2) is 0 Å². The molecule has 21 heavy (non-hydrogen) atoms. The predicted molar refractivity (Wildman–Crippen MR) is 74.2 cm³/mol. The van der Waals surface area contributed by atoms with Gasteiger partial charge in [-0.1, -0.05) is 6.92 Å². The van der Waals surface area contributed by atoms with Crippen LogP contribution in [0.4, 0.5) is 19.0 Å². The summed E-state index contributed by atoms with van der Waals surface area (Å²) < 4.78 is 38.7. The zero-order valence-corrected chi connectivity index (χ0v) is 12.0. The number of nitrogens with zero attached hydrogens (tertiary/aromatic N) is 3. The van der Waals surface area contributed by atoms with Crippen molar-refractivity contribution in [2.45, 2.75) is 25.7 Å². The summed E-state index contributed by atoms with van der Waals surface area (Å²) in [5.74, 6) is 0.713. The van der Waals surface area contributed by atoms with Crippen LogP contribution in [0.25, 0.3) is 0 Å². The van der Waals surface area contributed by atoms with Gasteiger partial charge in [-0.3, -0.25) is 4.90 Å². The molecule has 0 amide bonds. The van der Waals surface area contributed by atoms with E-state index < -0.39 is 11.7 Å². The van der Waals surface area contributed by atoms with E-state index in [9.17, 15) is 13.2 Å². The number of likely N-dealkylation sites (N-methyl/N-ethyl adjacent to an activating group) is 1. The summed E-state index contributed by atoms with van der Waals surface area (Å²) in [5, 5.41) is 3.35. The van der Waals surface area contributed by atoms with Crippen LogP contribution in [0.5, 0.6) is 0 Å². The number of hydrogen-bond donors (Lipinski definition) is 1. The lowest BCUT2D eigenvalue weighted by Crippen LogP contribution is -2.54. The molecule has 0 aromatic carbocycles. The Morgan fingerprint density at radius 1 is 1.43 bits per heavy atom. The third-order valence-corrected chi connectivity index (χ3v) is 4.20. The van der Waals surface area contributed by atoms with Gasteiger partial charge in [0, 0.05) is 44.5 Å². The van der Waals surface area contributed by atoms with Crippen LogP contribution >= 0.6 is 0 Å². The Balaban J connectivity index is 2.01. The van der Waals surface area contributed by atoms with E-state index in [2.05, 4.69) is 20.1 Å². The second-order valence-corrected chi connectivity index (χ2v) is 5.58. The van der Waals surface area contributed by atoms with Crippen molar-refractivity contribution in [3.05, 3.63) is 23.4 Å². The van der Waals surface area contributed by atoms with E-state index in [0.717, 1.165) is 38.9 Å². The first-order valence-corrected chi connectivity index (χ1v) is 7.25. The maximum Gasteiger partial charge on any atom is 0.417 e. The van der Waals surface area contributed by atoms with Crippen molar-refractivity contribution in [2.75, 3.05) is 37.6 Å². The lowest BCUT2D eigenvalue weighted by Gasteiger charge is -2.37. The van der Waals surface area contributed by atoms with Crippen LogP contribution in [0.2, 0.25) is 0 Å². The molecular weight excluding hydrogens is 281 g/mol. The molecule has 0 aliphatic carbocycles. The van der Waals surface area contributed by atoms with Crippen LogP contribution < -0.4 is 10.2 Å². The molecule has 0 radical (unpaired) electrons. The fourth-order valence-electron chi connectivity index (χ4n) is 3.08. The van der Waals surface area contributed by atoms with E-state index >= 15 is 0 Å². The van der Waals surface area contributed by atoms with Gasteiger partial charge in [0.25, 0.3) is 0 Å². The van der Waals surface area contributed by atoms with E-state index in [0.29, 0.717) is 17.9 Å². The van der Waals surface area contributed by atoms with E-state index in [1.54, 1.807) is 0 Å². The minimum atomic E-state index is -4.34. The Bertz CT molecular complexity index is 517. The largest absolute Gasteiger partial charge is 0.417 e. The van der Waals surface area contributed by atoms with E-state index in [4.69, 9.17) is 0 Å². The second kappa shape index (κ2) is 5.46. The number of alkyl halides is 3. The van der Waals surface area contributed by atoms with Crippen molar-refractivity contribution in [1.29, 1.82) is 0 Å². The molecule has 2 aliphatic rings. The number of halogens is 3. The fraction of sp³-hybridized carbons (Fsp3) is 0.643. The van der Waals surface area contributed by atoms with Crippen LogP contribution in [0, 0.1) is 0 Å². The number of rotatable bonds is 1. The summed E-state index contributed by atoms with van der Waals surface area (Å²) in [4.78, 5) is 8.48. The van der Waals surface area contributed by atoms with Gasteiger partial charge >= 0.3 is 6.18 Å². The minimum Gasteiger partial charge on any atom is -0.350 e. The first-order valence-electron chi connectivity index (χ1n) is 7.25. The SMILES string of the molecule is CCN1Cc2cc(C(F)(F)F)cnc2N2CCNC[C@@H]2C1. The van der Waals surface area contributed by atoms with Crippen LogP contribution in [0.15, 0.2) is 12.3 Å². The summed E-state index contributed by atoms with van der Waals surface area (Å²) in [5.41, 5.74) is 0.0157. The molecule has 0 saturated carbocycles. The maximum absolute atomic E-state index is 12.9. The smallest absolute Gasteiger partial charge is 0.350 e. The molecule has 3 heterocycles. The molecular formula is C14H19F3N4. The number of fused-ring (bicyclic) bond motifs is 3. The van der Waals surface area contributed by atoms with Gasteiger partial charge in [0.1, 0.15) is 5.82 Å². The van der Waals surface area contributed by atoms with E-state index in [1.165, 1.54) is 6.07 Å². The summed E-state index contributed by atoms with van der Waals surface area (Å²) in [6.45, 7) is 6.70. The molecule has 1 fully saturated rings. The predicted octanol–water partition coefficient (Wildman–Crippen LogP) is 1.71. The summed E-state index contributed by atoms with van der Waals surface area (Å²) in [7, 11) is 0. The Hall–Kier alpha value is -1.34. The molecule has 1 saturated heterocycles. The molecule has 1 aromatic rings. The van der Waals surface area contributed by atoms with E-state index in [1.807, 2.05) is 6.92 Å². The van der Waals surface area contributed by atoms with Crippen molar-refractivity contribution < 1.29 is 13.2 Å². The Labute approximate surface area is 121 Å². The van der Waals surface area contributed by atoms with Crippen molar-refractivity contribution >= 4 is 5.82 Å². The van der Waals surface area contributed by atoms with E-state index in [-0.39, 0.29) is 6.04 Å². The third-order valence-electron chi connectivity index (χ3n) is 4.20. The van der Waals surface area contributed by atoms with Gasteiger partial charge in [0.05, 0.1) is 11.6 Å². The number of anilines is 1. The monoisotopic (exact) mass is 300 g/mol. The van der Waals surface area contributed by atoms with Crippen LogP contribution in [0.3, 0.4) is 0 Å². The van der Waals surface area contributed by atoms with Gasteiger partial charge in [-0.2, -0.15) is 13.2 Å². The maximum atomic E-state index is 12.9. The zero-order valence-electron chi connectivity index (χ0n) is 12.0. The topological polar surface area (TPSA) is 31.4 Å². The highest BCUT2D eigenvalue weighted by molar-refractivity contribution is 5.51. The minimum absolute atomic E-state index is 0.268. The average molecular weight is 300 g/mol. The number of piperazine rings is 1. The van der Waals surface area contributed by atoms with Gasteiger partial charge in [-0.15, -0.1) is 0 Å². The van der Waals surface area contributed by atoms with Crippen LogP contribution in [-0.4, -0.2) is 48.6 Å². The van der Waals surface area contributed by atoms with Gasteiger partial charge in [-0.05, 0) is 12.6 Å². The Morgan fingerprint density at radius 3 is 2.95 bits per heavy atom. The van der Waals surface area contributed by atoms with Gasteiger partial charge < -0.3 is 10.2 Å². The molecule has 0 spiro atoms. The zero-order chi connectivity index (χ0) is 15.0. The number of aromatic nitrogens is 1. The molecule has 3 rings (SSSR count). The van der Waals surface area contributed by atoms with Crippen molar-refractivity contribution in [1.82, 2.24) is 15.2 Å². The highest BCUT2D eigenvalue weighted by Crippen LogP contribution is 2.33. The number of nitrogens with one attached hydrogen (secondary N) is 1. The molecule has 1 N–H and O–H groups in total. The Kier molecular flexibility index (Phi) is 3.79. The second-order valence-electron chi connectivity index (χ2n) is 5.58. The summed E-state index contributed by atoms with van der Waals surface area (Å²) >= 11 is 0. The van der Waals surface area contributed by atoms with Gasteiger partial charge in [-0.25, -0.2) is 4.98 Å². The average Bonchev–Trinajstić information content (AvgIpc) is 2.62. The lowest BCUT2D eigenvalue weighted by molar-refractivity contribution is -0.137. The molecule has 1 aromatic heterocycles. The highest BCUT2D eigenvalue weighted by Gasteiger charge is 2.35. The van der Waals surface area contributed by atoms with Crippen LogP contribution in [0.1, 0.15) is 18.1 Å². The number of pyridine rings is 1. The third kappa shape index (κ3) is 2.85. The molecule has 2 aliphatic heterocycles. The number of hydrogen-bond acceptors (Lipinski definition) is 4. The standard InChI is InChI=1S/C14H19F3N4/c1-2-20-8-10-5-11(14(15,16)17)6-19-13(10)21-4-3-18-7-12(21)9-20/h5-6,12,18H,2-4,7-9H2,1H3/t12-/m1/s1. The molecule has 0 bridgehead atoms. The van der Waals surface area contributed by atoms with Crippen LogP contribution in [-0.2, 0) is 12.7 Å². The normalized spacial score (nSPS) is 23.4. The molecule has 0 unspecified atom stereocenters. The lowest BCUT2D eigenvalue weighted by atomic mass is 10.1. The summed E-state index contributed by atoms with van der Waals surface area (Å²) in [6.07, 6.45) is -3.38. The molecule has 1 atom stereocenters. The molecule has 7 heteroatoms. The quantitative estimate of drug-likeness (QED) is 0.856. The van der Waals surface area contributed by atoms with Crippen molar-refractivity contribution in [2.24, 2.45) is 0 Å². The molecule has 116 valence electrons.